The van der Waals surface area contributed by atoms with Crippen molar-refractivity contribution in [2.75, 3.05) is 18.0 Å². The molecule has 0 atom stereocenters. The number of rotatable bonds is 3. The summed E-state index contributed by atoms with van der Waals surface area (Å²) in [4.78, 5) is 23.8. The van der Waals surface area contributed by atoms with Gasteiger partial charge in [-0.25, -0.2) is 4.79 Å². The lowest BCUT2D eigenvalue weighted by Gasteiger charge is -2.24. The molecule has 108 valence electrons. The van der Waals surface area contributed by atoms with Crippen molar-refractivity contribution in [2.24, 2.45) is 0 Å². The molecule has 0 aliphatic carbocycles. The van der Waals surface area contributed by atoms with E-state index in [1.54, 1.807) is 13.0 Å². The molecule has 0 saturated carbocycles. The van der Waals surface area contributed by atoms with E-state index in [4.69, 9.17) is 5.11 Å². The van der Waals surface area contributed by atoms with Crippen molar-refractivity contribution in [2.45, 2.75) is 32.6 Å². The number of nitro benzene ring substituents is 1. The van der Waals surface area contributed by atoms with Gasteiger partial charge in [0.25, 0.3) is 5.69 Å². The molecule has 1 aliphatic rings. The minimum Gasteiger partial charge on any atom is -0.478 e. The van der Waals surface area contributed by atoms with E-state index in [1.807, 2.05) is 0 Å². The fourth-order valence-electron chi connectivity index (χ4n) is 2.64. The molecule has 0 unspecified atom stereocenters. The zero-order valence-electron chi connectivity index (χ0n) is 11.5. The smallest absolute Gasteiger partial charge is 0.336 e. The minimum atomic E-state index is -1.14. The van der Waals surface area contributed by atoms with E-state index in [0.717, 1.165) is 44.8 Å². The first kappa shape index (κ1) is 14.3. The molecular weight excluding hydrogens is 260 g/mol. The third-order valence-corrected chi connectivity index (χ3v) is 3.74. The summed E-state index contributed by atoms with van der Waals surface area (Å²) >= 11 is 0. The summed E-state index contributed by atoms with van der Waals surface area (Å²) in [5.41, 5.74) is 1.08. The molecule has 6 heteroatoms. The van der Waals surface area contributed by atoms with E-state index in [2.05, 4.69) is 4.90 Å². The maximum Gasteiger partial charge on any atom is 0.336 e. The number of carboxylic acid groups (broad SMARTS) is 1. The Balaban J connectivity index is 2.49. The first-order chi connectivity index (χ1) is 9.50. The first-order valence-corrected chi connectivity index (χ1v) is 6.78. The predicted molar refractivity (Wildman–Crippen MR) is 75.5 cm³/mol. The van der Waals surface area contributed by atoms with E-state index >= 15 is 0 Å². The topological polar surface area (TPSA) is 83.7 Å². The Morgan fingerprint density at radius 2 is 1.85 bits per heavy atom. The Morgan fingerprint density at radius 1 is 1.25 bits per heavy atom. The highest BCUT2D eigenvalue weighted by Crippen LogP contribution is 2.32. The Kier molecular flexibility index (Phi) is 4.22. The number of nitro groups is 1. The van der Waals surface area contributed by atoms with Crippen LogP contribution in [0.2, 0.25) is 0 Å². The largest absolute Gasteiger partial charge is 0.478 e. The lowest BCUT2D eigenvalue weighted by Crippen LogP contribution is -2.25. The standard InChI is InChI=1S/C14H18N2O4/c1-10-12(15-6-4-2-3-5-7-15)8-11(14(17)18)9-13(10)16(19)20/h8-9H,2-7H2,1H3,(H,17,18). The number of hydrogen-bond donors (Lipinski definition) is 1. The molecule has 2 rings (SSSR count). The maximum absolute atomic E-state index is 11.1. The Bertz CT molecular complexity index is 534. The van der Waals surface area contributed by atoms with E-state index in [9.17, 15) is 14.9 Å². The van der Waals surface area contributed by atoms with Crippen molar-refractivity contribution in [1.82, 2.24) is 0 Å². The van der Waals surface area contributed by atoms with Gasteiger partial charge in [0.05, 0.1) is 16.1 Å². The fraction of sp³-hybridized carbons (Fsp3) is 0.500. The van der Waals surface area contributed by atoms with Crippen LogP contribution in [-0.2, 0) is 0 Å². The molecule has 0 radical (unpaired) electrons. The quantitative estimate of drug-likeness (QED) is 0.678. The minimum absolute atomic E-state index is 0.0263. The molecule has 0 spiro atoms. The second kappa shape index (κ2) is 5.90. The molecule has 0 amide bonds. The van der Waals surface area contributed by atoms with E-state index in [0.29, 0.717) is 11.3 Å². The molecule has 0 bridgehead atoms. The lowest BCUT2D eigenvalue weighted by atomic mass is 10.1. The summed E-state index contributed by atoms with van der Waals surface area (Å²) in [5, 5.41) is 20.2. The van der Waals surface area contributed by atoms with Crippen molar-refractivity contribution in [3.63, 3.8) is 0 Å². The van der Waals surface area contributed by atoms with Gasteiger partial charge in [0.1, 0.15) is 0 Å². The zero-order valence-corrected chi connectivity index (χ0v) is 11.5. The summed E-state index contributed by atoms with van der Waals surface area (Å²) in [7, 11) is 0. The molecule has 1 saturated heterocycles. The first-order valence-electron chi connectivity index (χ1n) is 6.78. The summed E-state index contributed by atoms with van der Waals surface area (Å²) in [6.07, 6.45) is 4.36. The van der Waals surface area contributed by atoms with Crippen LogP contribution in [0.25, 0.3) is 0 Å². The van der Waals surface area contributed by atoms with Crippen molar-refractivity contribution in [3.05, 3.63) is 33.4 Å². The van der Waals surface area contributed by atoms with Crippen LogP contribution in [0.1, 0.15) is 41.6 Å². The zero-order chi connectivity index (χ0) is 14.7. The molecule has 0 aromatic heterocycles. The third kappa shape index (κ3) is 2.89. The van der Waals surface area contributed by atoms with E-state index < -0.39 is 10.9 Å². The van der Waals surface area contributed by atoms with Crippen LogP contribution >= 0.6 is 0 Å². The van der Waals surface area contributed by atoms with Gasteiger partial charge in [-0.2, -0.15) is 0 Å². The van der Waals surface area contributed by atoms with E-state index in [-0.39, 0.29) is 11.3 Å². The maximum atomic E-state index is 11.1. The van der Waals surface area contributed by atoms with Crippen molar-refractivity contribution >= 4 is 17.3 Å². The van der Waals surface area contributed by atoms with Gasteiger partial charge in [0, 0.05) is 24.8 Å². The highest BCUT2D eigenvalue weighted by molar-refractivity contribution is 5.90. The van der Waals surface area contributed by atoms with Crippen LogP contribution in [0.3, 0.4) is 0 Å². The number of carboxylic acids is 1. The molecule has 1 aromatic carbocycles. The molecule has 6 nitrogen and oxygen atoms in total. The van der Waals surface area contributed by atoms with Crippen LogP contribution in [0, 0.1) is 17.0 Å². The van der Waals surface area contributed by atoms with Gasteiger partial charge in [-0.3, -0.25) is 10.1 Å². The molecule has 1 fully saturated rings. The van der Waals surface area contributed by atoms with Gasteiger partial charge in [0.15, 0.2) is 0 Å². The van der Waals surface area contributed by atoms with Crippen LogP contribution in [-0.4, -0.2) is 29.1 Å². The van der Waals surface area contributed by atoms with Gasteiger partial charge in [0.2, 0.25) is 0 Å². The average Bonchev–Trinajstić information content (AvgIpc) is 2.67. The number of hydrogen-bond acceptors (Lipinski definition) is 4. The number of nitrogens with zero attached hydrogens (tertiary/aromatic N) is 2. The van der Waals surface area contributed by atoms with Crippen LogP contribution < -0.4 is 4.90 Å². The molecule has 20 heavy (non-hydrogen) atoms. The Labute approximate surface area is 117 Å². The second-order valence-corrected chi connectivity index (χ2v) is 5.10. The molecule has 1 heterocycles. The van der Waals surface area contributed by atoms with E-state index in [1.165, 1.54) is 0 Å². The van der Waals surface area contributed by atoms with Gasteiger partial charge in [-0.05, 0) is 25.8 Å². The third-order valence-electron chi connectivity index (χ3n) is 3.74. The number of aromatic carboxylic acids is 1. The van der Waals surface area contributed by atoms with Gasteiger partial charge >= 0.3 is 5.97 Å². The number of carbonyl (C=O) groups is 1. The molecule has 1 N–H and O–H groups in total. The molecule has 1 aliphatic heterocycles. The van der Waals surface area contributed by atoms with Gasteiger partial charge in [-0.15, -0.1) is 0 Å². The molecule has 1 aromatic rings. The van der Waals surface area contributed by atoms with Crippen molar-refractivity contribution in [1.29, 1.82) is 0 Å². The van der Waals surface area contributed by atoms with Crippen LogP contribution in [0.4, 0.5) is 11.4 Å². The highest BCUT2D eigenvalue weighted by atomic mass is 16.6. The lowest BCUT2D eigenvalue weighted by molar-refractivity contribution is -0.385. The van der Waals surface area contributed by atoms with Gasteiger partial charge < -0.3 is 10.0 Å². The SMILES string of the molecule is Cc1c(N2CCCCCC2)cc(C(=O)O)cc1[N+](=O)[O-]. The predicted octanol–water partition coefficient (Wildman–Crippen LogP) is 2.98. The summed E-state index contributed by atoms with van der Waals surface area (Å²) in [5.74, 6) is -1.14. The Hall–Kier alpha value is -2.11. The van der Waals surface area contributed by atoms with Crippen LogP contribution in [0.15, 0.2) is 12.1 Å². The molecular formula is C14H18N2O4. The average molecular weight is 278 g/mol. The summed E-state index contributed by atoms with van der Waals surface area (Å²) in [6, 6.07) is 2.69. The summed E-state index contributed by atoms with van der Waals surface area (Å²) < 4.78 is 0. The highest BCUT2D eigenvalue weighted by Gasteiger charge is 2.22. The normalized spacial score (nSPS) is 15.8. The van der Waals surface area contributed by atoms with Gasteiger partial charge in [-0.1, -0.05) is 12.8 Å². The monoisotopic (exact) mass is 278 g/mol. The van der Waals surface area contributed by atoms with Crippen molar-refractivity contribution in [3.8, 4) is 0 Å². The Morgan fingerprint density at radius 3 is 2.35 bits per heavy atom. The summed E-state index contributed by atoms with van der Waals surface area (Å²) in [6.45, 7) is 3.33. The fourth-order valence-corrected chi connectivity index (χ4v) is 2.64. The number of anilines is 1. The van der Waals surface area contributed by atoms with Crippen LogP contribution in [0.5, 0.6) is 0 Å². The number of benzene rings is 1. The second-order valence-electron chi connectivity index (χ2n) is 5.10. The van der Waals surface area contributed by atoms with Crippen molar-refractivity contribution < 1.29 is 14.8 Å².